The predicted molar refractivity (Wildman–Crippen MR) is 94.8 cm³/mol. The second-order valence-electron chi connectivity index (χ2n) is 7.35. The molecular formula is C18H26FN3O3. The maximum atomic E-state index is 14.0. The van der Waals surface area contributed by atoms with Crippen LogP contribution in [0.1, 0.15) is 33.6 Å². The minimum absolute atomic E-state index is 0.160. The summed E-state index contributed by atoms with van der Waals surface area (Å²) in [6, 6.07) is 4.26. The first-order valence-electron chi connectivity index (χ1n) is 8.39. The van der Waals surface area contributed by atoms with E-state index in [0.717, 1.165) is 0 Å². The van der Waals surface area contributed by atoms with Gasteiger partial charge in [-0.05, 0) is 51.8 Å². The topological polar surface area (TPSA) is 75.9 Å². The van der Waals surface area contributed by atoms with Crippen molar-refractivity contribution in [3.8, 4) is 0 Å². The molecule has 2 rings (SSSR count). The van der Waals surface area contributed by atoms with Gasteiger partial charge in [0.1, 0.15) is 11.4 Å². The van der Waals surface area contributed by atoms with Crippen LogP contribution in [0.4, 0.5) is 20.6 Å². The highest BCUT2D eigenvalue weighted by molar-refractivity contribution is 5.95. The molecule has 1 aliphatic heterocycles. The van der Waals surface area contributed by atoms with Gasteiger partial charge in [-0.1, -0.05) is 0 Å². The Morgan fingerprint density at radius 1 is 1.28 bits per heavy atom. The summed E-state index contributed by atoms with van der Waals surface area (Å²) >= 11 is 0. The average molecular weight is 351 g/mol. The molecule has 7 heteroatoms. The summed E-state index contributed by atoms with van der Waals surface area (Å²) in [5, 5.41) is 0. The molecule has 0 atom stereocenters. The van der Waals surface area contributed by atoms with Crippen molar-refractivity contribution in [2.75, 3.05) is 30.8 Å². The van der Waals surface area contributed by atoms with Crippen LogP contribution in [0.2, 0.25) is 0 Å². The third kappa shape index (κ3) is 4.84. The molecule has 0 unspecified atom stereocenters. The van der Waals surface area contributed by atoms with Crippen LogP contribution < -0.4 is 10.6 Å². The highest BCUT2D eigenvalue weighted by atomic mass is 19.1. The minimum Gasteiger partial charge on any atom is -0.444 e. The van der Waals surface area contributed by atoms with Gasteiger partial charge in [-0.25, -0.2) is 9.18 Å². The lowest BCUT2D eigenvalue weighted by Gasteiger charge is -2.34. The number of nitrogens with zero attached hydrogens (tertiary/aromatic N) is 2. The van der Waals surface area contributed by atoms with E-state index >= 15 is 0 Å². The highest BCUT2D eigenvalue weighted by Gasteiger charge is 2.32. The van der Waals surface area contributed by atoms with Crippen molar-refractivity contribution in [1.29, 1.82) is 0 Å². The number of likely N-dealkylation sites (tertiary alicyclic amines) is 1. The van der Waals surface area contributed by atoms with E-state index in [9.17, 15) is 14.0 Å². The number of nitrogen functional groups attached to an aromatic ring is 1. The largest absolute Gasteiger partial charge is 0.444 e. The van der Waals surface area contributed by atoms with Crippen LogP contribution in [0.5, 0.6) is 0 Å². The molecule has 0 bridgehead atoms. The molecule has 138 valence electrons. The third-order valence-corrected chi connectivity index (χ3v) is 4.16. The molecule has 2 amide bonds. The number of piperidine rings is 1. The van der Waals surface area contributed by atoms with Gasteiger partial charge in [0.05, 0.1) is 5.69 Å². The van der Waals surface area contributed by atoms with Gasteiger partial charge in [-0.2, -0.15) is 0 Å². The number of rotatable bonds is 2. The summed E-state index contributed by atoms with van der Waals surface area (Å²) < 4.78 is 19.4. The van der Waals surface area contributed by atoms with Gasteiger partial charge in [0, 0.05) is 31.7 Å². The first-order valence-corrected chi connectivity index (χ1v) is 8.39. The van der Waals surface area contributed by atoms with Crippen LogP contribution >= 0.6 is 0 Å². The van der Waals surface area contributed by atoms with Crippen LogP contribution in [0.3, 0.4) is 0 Å². The zero-order chi connectivity index (χ0) is 18.8. The van der Waals surface area contributed by atoms with Gasteiger partial charge >= 0.3 is 6.09 Å². The summed E-state index contributed by atoms with van der Waals surface area (Å²) in [4.78, 5) is 27.6. The van der Waals surface area contributed by atoms with Gasteiger partial charge in [0.25, 0.3) is 0 Å². The molecule has 0 spiro atoms. The molecule has 0 aliphatic carbocycles. The molecule has 25 heavy (non-hydrogen) atoms. The number of hydrogen-bond donors (Lipinski definition) is 1. The molecule has 6 nitrogen and oxygen atoms in total. The van der Waals surface area contributed by atoms with Crippen molar-refractivity contribution in [1.82, 2.24) is 4.90 Å². The summed E-state index contributed by atoms with van der Waals surface area (Å²) in [6.07, 6.45) is 0.689. The Balaban J connectivity index is 1.95. The molecule has 2 N–H and O–H groups in total. The minimum atomic E-state index is -0.545. The first-order chi connectivity index (χ1) is 11.6. The molecule has 1 aromatic rings. The summed E-state index contributed by atoms with van der Waals surface area (Å²) in [5.41, 5.74) is 5.51. The Morgan fingerprint density at radius 3 is 2.40 bits per heavy atom. The first kappa shape index (κ1) is 19.0. The van der Waals surface area contributed by atoms with Crippen molar-refractivity contribution in [3.05, 3.63) is 24.0 Å². The zero-order valence-corrected chi connectivity index (χ0v) is 15.2. The highest BCUT2D eigenvalue weighted by Crippen LogP contribution is 2.26. The van der Waals surface area contributed by atoms with E-state index in [1.54, 1.807) is 18.0 Å². The van der Waals surface area contributed by atoms with Gasteiger partial charge < -0.3 is 20.3 Å². The Bertz CT molecular complexity index is 649. The Hall–Kier alpha value is -2.31. The lowest BCUT2D eigenvalue weighted by atomic mass is 9.95. The maximum absolute atomic E-state index is 14.0. The molecule has 0 aromatic heterocycles. The van der Waals surface area contributed by atoms with Crippen LogP contribution in [0, 0.1) is 11.7 Å². The fourth-order valence-electron chi connectivity index (χ4n) is 2.82. The Morgan fingerprint density at radius 2 is 1.88 bits per heavy atom. The van der Waals surface area contributed by atoms with Crippen LogP contribution in [-0.2, 0) is 9.53 Å². The maximum Gasteiger partial charge on any atom is 0.410 e. The lowest BCUT2D eigenvalue weighted by molar-refractivity contribution is -0.123. The standard InChI is InChI=1S/C18H26FN3O3/c1-18(2,3)25-17(24)22-9-7-12(8-10-22)16(23)21(4)15-6-5-13(20)11-14(15)19/h5-6,11-12H,7-10,20H2,1-4H3. The predicted octanol–water partition coefficient (Wildman–Crippen LogP) is 3.02. The van der Waals surface area contributed by atoms with Crippen molar-refractivity contribution in [2.24, 2.45) is 5.92 Å². The molecule has 1 aromatic carbocycles. The summed E-state index contributed by atoms with van der Waals surface area (Å²) in [5.74, 6) is -0.935. The van der Waals surface area contributed by atoms with E-state index < -0.39 is 11.4 Å². The van der Waals surface area contributed by atoms with Gasteiger partial charge in [-0.15, -0.1) is 0 Å². The van der Waals surface area contributed by atoms with Gasteiger partial charge in [0.2, 0.25) is 5.91 Å². The van der Waals surface area contributed by atoms with Crippen molar-refractivity contribution >= 4 is 23.4 Å². The number of hydrogen-bond acceptors (Lipinski definition) is 4. The van der Waals surface area contributed by atoms with E-state index in [1.807, 2.05) is 20.8 Å². The normalized spacial score (nSPS) is 15.8. The molecule has 0 radical (unpaired) electrons. The number of anilines is 2. The number of amides is 2. The van der Waals surface area contributed by atoms with Crippen molar-refractivity contribution in [3.63, 3.8) is 0 Å². The molecular weight excluding hydrogens is 325 g/mol. The summed E-state index contributed by atoms with van der Waals surface area (Å²) in [7, 11) is 1.55. The van der Waals surface area contributed by atoms with Gasteiger partial charge in [-0.3, -0.25) is 4.79 Å². The Labute approximate surface area is 147 Å². The molecule has 1 fully saturated rings. The summed E-state index contributed by atoms with van der Waals surface area (Å²) in [6.45, 7) is 6.35. The number of nitrogens with two attached hydrogens (primary N) is 1. The van der Waals surface area contributed by atoms with Crippen molar-refractivity contribution < 1.29 is 18.7 Å². The fourth-order valence-corrected chi connectivity index (χ4v) is 2.82. The number of halogens is 1. The fraction of sp³-hybridized carbons (Fsp3) is 0.556. The molecule has 1 aliphatic rings. The smallest absolute Gasteiger partial charge is 0.410 e. The molecule has 1 heterocycles. The number of carbonyl (C=O) groups excluding carboxylic acids is 2. The number of benzene rings is 1. The average Bonchev–Trinajstić information content (AvgIpc) is 2.52. The van der Waals surface area contributed by atoms with Crippen LogP contribution in [-0.4, -0.2) is 42.6 Å². The third-order valence-electron chi connectivity index (χ3n) is 4.16. The van der Waals surface area contributed by atoms with Crippen LogP contribution in [0.15, 0.2) is 18.2 Å². The lowest BCUT2D eigenvalue weighted by Crippen LogP contribution is -2.45. The van der Waals surface area contributed by atoms with E-state index in [2.05, 4.69) is 0 Å². The second kappa shape index (κ2) is 7.29. The van der Waals surface area contributed by atoms with Crippen LogP contribution in [0.25, 0.3) is 0 Å². The number of carbonyl (C=O) groups is 2. The zero-order valence-electron chi connectivity index (χ0n) is 15.2. The van der Waals surface area contributed by atoms with E-state index in [0.29, 0.717) is 31.6 Å². The quantitative estimate of drug-likeness (QED) is 0.831. The monoisotopic (exact) mass is 351 g/mol. The van der Waals surface area contributed by atoms with Crippen molar-refractivity contribution in [2.45, 2.75) is 39.2 Å². The van der Waals surface area contributed by atoms with Gasteiger partial charge in [0.15, 0.2) is 0 Å². The Kier molecular flexibility index (Phi) is 5.55. The SMILES string of the molecule is CN(C(=O)C1CCN(C(=O)OC(C)(C)C)CC1)c1ccc(N)cc1F. The van der Waals surface area contributed by atoms with E-state index in [-0.39, 0.29) is 23.6 Å². The molecule has 1 saturated heterocycles. The molecule has 0 saturated carbocycles. The van der Waals surface area contributed by atoms with E-state index in [4.69, 9.17) is 10.5 Å². The second-order valence-corrected chi connectivity index (χ2v) is 7.35. The van der Waals surface area contributed by atoms with E-state index in [1.165, 1.54) is 17.0 Å². The number of ether oxygens (including phenoxy) is 1.